The van der Waals surface area contributed by atoms with Gasteiger partial charge in [-0.1, -0.05) is 0 Å². The monoisotopic (exact) mass is 337 g/mol. The fourth-order valence-electron chi connectivity index (χ4n) is 1.94. The first-order valence-electron chi connectivity index (χ1n) is 5.79. The highest BCUT2D eigenvalue weighted by atomic mass is 79.9. The SMILES string of the molecule is COc1c(Cc2cncc([N+](=O)[O-])c2C)ccnc1Br. The fourth-order valence-corrected chi connectivity index (χ4v) is 2.47. The molecular formula is C13H12BrN3O3. The van der Waals surface area contributed by atoms with Gasteiger partial charge in [0.1, 0.15) is 10.8 Å². The van der Waals surface area contributed by atoms with Crippen molar-refractivity contribution in [3.63, 3.8) is 0 Å². The normalized spacial score (nSPS) is 10.3. The Kier molecular flexibility index (Phi) is 4.29. The quantitative estimate of drug-likeness (QED) is 0.486. The highest BCUT2D eigenvalue weighted by Crippen LogP contribution is 2.30. The Morgan fingerprint density at radius 3 is 2.80 bits per heavy atom. The average molecular weight is 338 g/mol. The molecule has 0 aliphatic carbocycles. The minimum atomic E-state index is -0.425. The standard InChI is InChI=1S/C13H12BrN3O3/c1-8-10(6-15-7-11(8)17(18)19)5-9-3-4-16-13(14)12(9)20-2/h3-4,6-7H,5H2,1-2H3. The van der Waals surface area contributed by atoms with Crippen LogP contribution in [0, 0.1) is 17.0 Å². The van der Waals surface area contributed by atoms with E-state index in [0.717, 1.165) is 11.1 Å². The Hall–Kier alpha value is -2.02. The number of halogens is 1. The summed E-state index contributed by atoms with van der Waals surface area (Å²) in [5, 5.41) is 10.9. The molecular weight excluding hydrogens is 326 g/mol. The lowest BCUT2D eigenvalue weighted by Crippen LogP contribution is -2.01. The number of ether oxygens (including phenoxy) is 1. The number of hydrogen-bond acceptors (Lipinski definition) is 5. The van der Waals surface area contributed by atoms with Gasteiger partial charge in [-0.2, -0.15) is 0 Å². The first kappa shape index (κ1) is 14.4. The molecule has 0 N–H and O–H groups in total. The maximum Gasteiger partial charge on any atom is 0.290 e. The molecule has 0 spiro atoms. The van der Waals surface area contributed by atoms with E-state index in [-0.39, 0.29) is 5.69 Å². The molecule has 0 atom stereocenters. The summed E-state index contributed by atoms with van der Waals surface area (Å²) in [5.74, 6) is 0.624. The lowest BCUT2D eigenvalue weighted by Gasteiger charge is -2.10. The summed E-state index contributed by atoms with van der Waals surface area (Å²) in [6.07, 6.45) is 5.04. The number of rotatable bonds is 4. The van der Waals surface area contributed by atoms with Crippen LogP contribution in [-0.2, 0) is 6.42 Å². The highest BCUT2D eigenvalue weighted by molar-refractivity contribution is 9.10. The molecule has 0 bridgehead atoms. The molecule has 2 aromatic rings. The summed E-state index contributed by atoms with van der Waals surface area (Å²) in [7, 11) is 1.56. The Labute approximate surface area is 124 Å². The van der Waals surface area contributed by atoms with E-state index in [1.54, 1.807) is 26.4 Å². The lowest BCUT2D eigenvalue weighted by atomic mass is 10.0. The molecule has 6 nitrogen and oxygen atoms in total. The van der Waals surface area contributed by atoms with Gasteiger partial charge in [0.25, 0.3) is 5.69 Å². The van der Waals surface area contributed by atoms with Gasteiger partial charge in [-0.25, -0.2) is 4.98 Å². The van der Waals surface area contributed by atoms with Crippen LogP contribution in [0.25, 0.3) is 0 Å². The summed E-state index contributed by atoms with van der Waals surface area (Å²) < 4.78 is 5.91. The van der Waals surface area contributed by atoms with Crippen LogP contribution in [0.5, 0.6) is 5.75 Å². The Morgan fingerprint density at radius 1 is 1.40 bits per heavy atom. The lowest BCUT2D eigenvalue weighted by molar-refractivity contribution is -0.385. The predicted octanol–water partition coefficient (Wildman–Crippen LogP) is 3.06. The summed E-state index contributed by atoms with van der Waals surface area (Å²) >= 11 is 3.32. The van der Waals surface area contributed by atoms with Gasteiger partial charge in [0, 0.05) is 29.9 Å². The molecule has 0 saturated heterocycles. The van der Waals surface area contributed by atoms with Crippen LogP contribution in [0.15, 0.2) is 29.3 Å². The van der Waals surface area contributed by atoms with Crippen molar-refractivity contribution in [2.24, 2.45) is 0 Å². The summed E-state index contributed by atoms with van der Waals surface area (Å²) in [4.78, 5) is 18.5. The van der Waals surface area contributed by atoms with E-state index in [2.05, 4.69) is 25.9 Å². The minimum absolute atomic E-state index is 0.0228. The van der Waals surface area contributed by atoms with Crippen molar-refractivity contribution >= 4 is 21.6 Å². The largest absolute Gasteiger partial charge is 0.494 e. The zero-order valence-electron chi connectivity index (χ0n) is 11.0. The molecule has 0 aromatic carbocycles. The number of aromatic nitrogens is 2. The third kappa shape index (κ3) is 2.77. The first-order valence-corrected chi connectivity index (χ1v) is 6.59. The second kappa shape index (κ2) is 5.96. The van der Waals surface area contributed by atoms with Crippen LogP contribution >= 0.6 is 15.9 Å². The van der Waals surface area contributed by atoms with Crippen LogP contribution in [0.2, 0.25) is 0 Å². The molecule has 0 unspecified atom stereocenters. The van der Waals surface area contributed by atoms with Crippen LogP contribution in [0.3, 0.4) is 0 Å². The van der Waals surface area contributed by atoms with Gasteiger partial charge >= 0.3 is 0 Å². The zero-order chi connectivity index (χ0) is 14.7. The summed E-state index contributed by atoms with van der Waals surface area (Å²) in [6, 6.07) is 1.82. The Morgan fingerprint density at radius 2 is 2.15 bits per heavy atom. The molecule has 0 fully saturated rings. The predicted molar refractivity (Wildman–Crippen MR) is 76.9 cm³/mol. The van der Waals surface area contributed by atoms with Gasteiger partial charge in [0.05, 0.1) is 12.0 Å². The second-order valence-electron chi connectivity index (χ2n) is 4.17. The number of nitro groups is 1. The van der Waals surface area contributed by atoms with Gasteiger partial charge < -0.3 is 4.74 Å². The van der Waals surface area contributed by atoms with Crippen molar-refractivity contribution in [2.75, 3.05) is 7.11 Å². The second-order valence-corrected chi connectivity index (χ2v) is 4.92. The summed E-state index contributed by atoms with van der Waals surface area (Å²) in [5.41, 5.74) is 2.31. The van der Waals surface area contributed by atoms with Gasteiger partial charge in [-0.3, -0.25) is 15.1 Å². The number of pyridine rings is 2. The van der Waals surface area contributed by atoms with E-state index in [0.29, 0.717) is 22.3 Å². The van der Waals surface area contributed by atoms with Crippen LogP contribution in [0.1, 0.15) is 16.7 Å². The van der Waals surface area contributed by atoms with Crippen LogP contribution in [0.4, 0.5) is 5.69 Å². The van der Waals surface area contributed by atoms with Gasteiger partial charge in [0.15, 0.2) is 5.75 Å². The Balaban J connectivity index is 2.43. The number of methoxy groups -OCH3 is 1. The molecule has 7 heteroatoms. The van der Waals surface area contributed by atoms with E-state index in [1.165, 1.54) is 6.20 Å². The van der Waals surface area contributed by atoms with Crippen LogP contribution in [-0.4, -0.2) is 22.0 Å². The fraction of sp³-hybridized carbons (Fsp3) is 0.231. The van der Waals surface area contributed by atoms with Crippen molar-refractivity contribution in [2.45, 2.75) is 13.3 Å². The highest BCUT2D eigenvalue weighted by Gasteiger charge is 2.16. The minimum Gasteiger partial charge on any atom is -0.494 e. The smallest absolute Gasteiger partial charge is 0.290 e. The van der Waals surface area contributed by atoms with Gasteiger partial charge in [-0.15, -0.1) is 0 Å². The van der Waals surface area contributed by atoms with Gasteiger partial charge in [0.2, 0.25) is 0 Å². The van der Waals surface area contributed by atoms with E-state index >= 15 is 0 Å². The van der Waals surface area contributed by atoms with E-state index in [9.17, 15) is 10.1 Å². The van der Waals surface area contributed by atoms with Crippen molar-refractivity contribution in [1.29, 1.82) is 0 Å². The van der Waals surface area contributed by atoms with E-state index in [4.69, 9.17) is 4.74 Å². The van der Waals surface area contributed by atoms with E-state index < -0.39 is 4.92 Å². The third-order valence-corrected chi connectivity index (χ3v) is 3.58. The maximum atomic E-state index is 10.9. The van der Waals surface area contributed by atoms with Crippen molar-refractivity contribution in [3.05, 3.63) is 56.1 Å². The van der Waals surface area contributed by atoms with Crippen molar-refractivity contribution < 1.29 is 9.66 Å². The molecule has 0 aliphatic heterocycles. The average Bonchev–Trinajstić information content (AvgIpc) is 2.41. The molecule has 0 amide bonds. The maximum absolute atomic E-state index is 10.9. The molecule has 2 rings (SSSR count). The number of nitrogens with zero attached hydrogens (tertiary/aromatic N) is 3. The molecule has 20 heavy (non-hydrogen) atoms. The zero-order valence-corrected chi connectivity index (χ0v) is 12.5. The summed E-state index contributed by atoms with van der Waals surface area (Å²) in [6.45, 7) is 1.72. The van der Waals surface area contributed by atoms with Gasteiger partial charge in [-0.05, 0) is 34.5 Å². The number of hydrogen-bond donors (Lipinski definition) is 0. The van der Waals surface area contributed by atoms with Crippen LogP contribution < -0.4 is 4.74 Å². The molecule has 2 aromatic heterocycles. The molecule has 104 valence electrons. The first-order chi connectivity index (χ1) is 9.54. The third-order valence-electron chi connectivity index (χ3n) is 3.02. The van der Waals surface area contributed by atoms with E-state index in [1.807, 2.05) is 6.07 Å². The Bertz CT molecular complexity index is 661. The molecule has 0 radical (unpaired) electrons. The topological polar surface area (TPSA) is 78.2 Å². The molecule has 0 aliphatic rings. The molecule has 0 saturated carbocycles. The molecule has 2 heterocycles. The van der Waals surface area contributed by atoms with Crippen molar-refractivity contribution in [3.8, 4) is 5.75 Å². The van der Waals surface area contributed by atoms with Crippen molar-refractivity contribution in [1.82, 2.24) is 9.97 Å².